The van der Waals surface area contributed by atoms with Gasteiger partial charge in [0.25, 0.3) is 0 Å². The van der Waals surface area contributed by atoms with Crippen molar-refractivity contribution in [1.82, 2.24) is 10.6 Å². The quantitative estimate of drug-likeness (QED) is 0.772. The van der Waals surface area contributed by atoms with Crippen LogP contribution in [-0.2, 0) is 0 Å². The van der Waals surface area contributed by atoms with E-state index in [1.165, 1.54) is 11.4 Å². The zero-order valence-electron chi connectivity index (χ0n) is 17.1. The monoisotopic (exact) mass is 334 g/mol. The summed E-state index contributed by atoms with van der Waals surface area (Å²) < 4.78 is 0. The zero-order valence-corrected chi connectivity index (χ0v) is 17.1. The Kier molecular flexibility index (Phi) is 5.33. The summed E-state index contributed by atoms with van der Waals surface area (Å²) in [7, 11) is 0. The average molecular weight is 335 g/mol. The molecule has 2 aliphatic rings. The van der Waals surface area contributed by atoms with Gasteiger partial charge in [-0.05, 0) is 55.4 Å². The summed E-state index contributed by atoms with van der Waals surface area (Å²) in [5, 5.41) is 7.41. The molecule has 24 heavy (non-hydrogen) atoms. The first kappa shape index (κ1) is 19.6. The molecule has 0 aromatic heterocycles. The van der Waals surface area contributed by atoms with Crippen LogP contribution < -0.4 is 10.6 Å². The van der Waals surface area contributed by atoms with Gasteiger partial charge in [-0.15, -0.1) is 0 Å². The average Bonchev–Trinajstić information content (AvgIpc) is 2.26. The molecule has 2 rings (SSSR count). The van der Waals surface area contributed by atoms with Crippen molar-refractivity contribution in [2.24, 2.45) is 9.98 Å². The van der Waals surface area contributed by atoms with E-state index in [-0.39, 0.29) is 22.2 Å². The molecule has 2 heterocycles. The van der Waals surface area contributed by atoms with Crippen molar-refractivity contribution in [2.75, 3.05) is 13.1 Å². The van der Waals surface area contributed by atoms with Crippen molar-refractivity contribution >= 4 is 11.4 Å². The summed E-state index contributed by atoms with van der Waals surface area (Å²) in [5.41, 5.74) is 3.22. The second kappa shape index (κ2) is 6.53. The topological polar surface area (TPSA) is 48.8 Å². The second-order valence-corrected chi connectivity index (χ2v) is 10.4. The summed E-state index contributed by atoms with van der Waals surface area (Å²) in [5.74, 6) is 0. The highest BCUT2D eigenvalue weighted by Crippen LogP contribution is 2.27. The van der Waals surface area contributed by atoms with E-state index >= 15 is 0 Å². The molecule has 2 aliphatic heterocycles. The van der Waals surface area contributed by atoms with Gasteiger partial charge < -0.3 is 10.6 Å². The summed E-state index contributed by atoms with van der Waals surface area (Å²) in [4.78, 5) is 9.77. The molecule has 0 radical (unpaired) electrons. The van der Waals surface area contributed by atoms with Crippen LogP contribution >= 0.6 is 0 Å². The molecule has 138 valence electrons. The van der Waals surface area contributed by atoms with E-state index in [1.807, 2.05) is 0 Å². The lowest BCUT2D eigenvalue weighted by Gasteiger charge is -2.43. The van der Waals surface area contributed by atoms with Crippen LogP contribution in [0.25, 0.3) is 0 Å². The highest BCUT2D eigenvalue weighted by Gasteiger charge is 2.36. The number of piperidine rings is 2. The molecular weight excluding hydrogens is 296 g/mol. The van der Waals surface area contributed by atoms with Crippen LogP contribution in [0.1, 0.15) is 81.1 Å². The van der Waals surface area contributed by atoms with Crippen molar-refractivity contribution in [3.63, 3.8) is 0 Å². The standard InChI is InChI=1S/C20H38N4/c1-17(2)11-15(12-18(3,4)23-17)21-9-10-22-16-13-19(5,6)24-20(7,8)14-16/h23-24H,9-14H2,1-8H3. The van der Waals surface area contributed by atoms with Gasteiger partial charge in [-0.25, -0.2) is 0 Å². The molecule has 0 unspecified atom stereocenters. The summed E-state index contributed by atoms with van der Waals surface area (Å²) in [6.07, 6.45) is 4.15. The van der Waals surface area contributed by atoms with E-state index in [2.05, 4.69) is 66.0 Å². The smallest absolute Gasteiger partial charge is 0.0584 e. The molecule has 0 atom stereocenters. The molecule has 0 bridgehead atoms. The highest BCUT2D eigenvalue weighted by atomic mass is 15.1. The Labute approximate surface area is 149 Å². The molecule has 2 fully saturated rings. The fourth-order valence-corrected chi connectivity index (χ4v) is 4.81. The van der Waals surface area contributed by atoms with Crippen molar-refractivity contribution in [2.45, 2.75) is 103 Å². The van der Waals surface area contributed by atoms with E-state index in [1.54, 1.807) is 0 Å². The van der Waals surface area contributed by atoms with Crippen LogP contribution in [0.4, 0.5) is 0 Å². The first-order valence-electron chi connectivity index (χ1n) is 9.41. The first-order valence-corrected chi connectivity index (χ1v) is 9.41. The fourth-order valence-electron chi connectivity index (χ4n) is 4.81. The lowest BCUT2D eigenvalue weighted by Crippen LogP contribution is -2.58. The molecule has 0 aliphatic carbocycles. The van der Waals surface area contributed by atoms with E-state index < -0.39 is 0 Å². The van der Waals surface area contributed by atoms with Gasteiger partial charge in [-0.2, -0.15) is 0 Å². The SMILES string of the molecule is CC1(C)CC(=NCCN=C2CC(C)(C)NC(C)(C)C2)CC(C)(C)N1. The molecular formula is C20H38N4. The van der Waals surface area contributed by atoms with Gasteiger partial charge in [-0.1, -0.05) is 0 Å². The number of hydrogen-bond donors (Lipinski definition) is 2. The van der Waals surface area contributed by atoms with Gasteiger partial charge in [0, 0.05) is 59.3 Å². The molecule has 0 spiro atoms. The zero-order chi connectivity index (χ0) is 18.2. The lowest BCUT2D eigenvalue weighted by atomic mass is 9.81. The number of nitrogens with one attached hydrogen (secondary N) is 2. The Morgan fingerprint density at radius 3 is 1.08 bits per heavy atom. The first-order chi connectivity index (χ1) is 10.8. The Morgan fingerprint density at radius 1 is 0.583 bits per heavy atom. The second-order valence-electron chi connectivity index (χ2n) is 10.4. The maximum Gasteiger partial charge on any atom is 0.0584 e. The van der Waals surface area contributed by atoms with Crippen molar-refractivity contribution in [1.29, 1.82) is 0 Å². The predicted molar refractivity (Wildman–Crippen MR) is 106 cm³/mol. The molecule has 2 N–H and O–H groups in total. The summed E-state index contributed by atoms with van der Waals surface area (Å²) >= 11 is 0. The van der Waals surface area contributed by atoms with Crippen LogP contribution in [-0.4, -0.2) is 46.7 Å². The maximum atomic E-state index is 4.89. The van der Waals surface area contributed by atoms with Gasteiger partial charge in [0.2, 0.25) is 0 Å². The van der Waals surface area contributed by atoms with Crippen LogP contribution in [0.15, 0.2) is 9.98 Å². The predicted octanol–water partition coefficient (Wildman–Crippen LogP) is 3.75. The van der Waals surface area contributed by atoms with Gasteiger partial charge in [0.15, 0.2) is 0 Å². The van der Waals surface area contributed by atoms with Crippen molar-refractivity contribution in [3.05, 3.63) is 0 Å². The minimum absolute atomic E-state index is 0.134. The van der Waals surface area contributed by atoms with Gasteiger partial charge in [0.1, 0.15) is 0 Å². The normalized spacial score (nSPS) is 27.7. The molecule has 0 saturated carbocycles. The van der Waals surface area contributed by atoms with Crippen LogP contribution in [0.5, 0.6) is 0 Å². The molecule has 2 saturated heterocycles. The van der Waals surface area contributed by atoms with Crippen LogP contribution in [0.3, 0.4) is 0 Å². The third kappa shape index (κ3) is 5.96. The van der Waals surface area contributed by atoms with Crippen molar-refractivity contribution < 1.29 is 0 Å². The third-order valence-corrected chi connectivity index (χ3v) is 4.71. The van der Waals surface area contributed by atoms with Gasteiger partial charge in [0.05, 0.1) is 13.1 Å². The number of rotatable bonds is 3. The number of hydrogen-bond acceptors (Lipinski definition) is 4. The highest BCUT2D eigenvalue weighted by molar-refractivity contribution is 5.88. The van der Waals surface area contributed by atoms with E-state index in [0.717, 1.165) is 38.8 Å². The van der Waals surface area contributed by atoms with Crippen LogP contribution in [0.2, 0.25) is 0 Å². The Balaban J connectivity index is 1.94. The largest absolute Gasteiger partial charge is 0.306 e. The van der Waals surface area contributed by atoms with Gasteiger partial charge in [-0.3, -0.25) is 9.98 Å². The lowest BCUT2D eigenvalue weighted by molar-refractivity contribution is 0.250. The van der Waals surface area contributed by atoms with Gasteiger partial charge >= 0.3 is 0 Å². The molecule has 0 amide bonds. The fraction of sp³-hybridized carbons (Fsp3) is 0.900. The van der Waals surface area contributed by atoms with Crippen molar-refractivity contribution in [3.8, 4) is 0 Å². The third-order valence-electron chi connectivity index (χ3n) is 4.71. The Hall–Kier alpha value is -0.740. The summed E-state index contributed by atoms with van der Waals surface area (Å²) in [6, 6.07) is 0. The maximum absolute atomic E-state index is 4.89. The molecule has 4 heteroatoms. The van der Waals surface area contributed by atoms with E-state index in [4.69, 9.17) is 9.98 Å². The number of aliphatic imine (C=N–C) groups is 2. The van der Waals surface area contributed by atoms with E-state index in [0.29, 0.717) is 0 Å². The number of nitrogens with zero attached hydrogens (tertiary/aromatic N) is 2. The minimum Gasteiger partial charge on any atom is -0.306 e. The molecule has 4 nitrogen and oxygen atoms in total. The minimum atomic E-state index is 0.134. The Morgan fingerprint density at radius 2 is 0.833 bits per heavy atom. The Bertz CT molecular complexity index is 440. The molecule has 0 aromatic carbocycles. The summed E-state index contributed by atoms with van der Waals surface area (Å²) in [6.45, 7) is 19.8. The molecule has 0 aromatic rings. The van der Waals surface area contributed by atoms with E-state index in [9.17, 15) is 0 Å². The van der Waals surface area contributed by atoms with Crippen LogP contribution in [0, 0.1) is 0 Å².